The Bertz CT molecular complexity index is 570. The minimum absolute atomic E-state index is 0.0307. The monoisotopic (exact) mass is 242 g/mol. The highest BCUT2D eigenvalue weighted by atomic mass is 16.2. The van der Waals surface area contributed by atoms with Gasteiger partial charge in [0.2, 0.25) is 5.91 Å². The fourth-order valence-electron chi connectivity index (χ4n) is 1.66. The predicted molar refractivity (Wildman–Crippen MR) is 74.4 cm³/mol. The van der Waals surface area contributed by atoms with Gasteiger partial charge in [0, 0.05) is 17.0 Å². The smallest absolute Gasteiger partial charge is 0.230 e. The van der Waals surface area contributed by atoms with Crippen LogP contribution in [0.1, 0.15) is 27.2 Å². The third kappa shape index (κ3) is 2.35. The number of para-hydroxylation sites is 1. The van der Waals surface area contributed by atoms with Crippen molar-refractivity contribution in [3.63, 3.8) is 0 Å². The number of nitrogens with zero attached hydrogens (tertiary/aromatic N) is 1. The first-order valence-corrected chi connectivity index (χ1v) is 6.20. The minimum Gasteiger partial charge on any atom is -0.324 e. The zero-order valence-corrected chi connectivity index (χ0v) is 11.0. The molecule has 1 amide bonds. The molecule has 0 saturated heterocycles. The molecule has 94 valence electrons. The van der Waals surface area contributed by atoms with Crippen LogP contribution in [-0.4, -0.2) is 10.9 Å². The molecule has 1 aromatic heterocycles. The van der Waals surface area contributed by atoms with Gasteiger partial charge >= 0.3 is 0 Å². The van der Waals surface area contributed by atoms with E-state index in [1.807, 2.05) is 51.1 Å². The zero-order chi connectivity index (χ0) is 13.2. The average molecular weight is 242 g/mol. The molecule has 3 nitrogen and oxygen atoms in total. The number of aromatic nitrogens is 1. The van der Waals surface area contributed by atoms with Crippen molar-refractivity contribution in [1.82, 2.24) is 4.98 Å². The Hall–Kier alpha value is -1.90. The van der Waals surface area contributed by atoms with Gasteiger partial charge < -0.3 is 5.32 Å². The first kappa shape index (κ1) is 12.6. The molecule has 0 aliphatic heterocycles. The summed E-state index contributed by atoms with van der Waals surface area (Å²) in [6.07, 6.45) is 2.54. The highest BCUT2D eigenvalue weighted by Gasteiger charge is 2.25. The molecule has 1 N–H and O–H groups in total. The molecule has 0 spiro atoms. The van der Waals surface area contributed by atoms with Crippen molar-refractivity contribution in [3.05, 3.63) is 36.5 Å². The van der Waals surface area contributed by atoms with Crippen LogP contribution in [-0.2, 0) is 4.79 Å². The molecule has 0 fully saturated rings. The highest BCUT2D eigenvalue weighted by Crippen LogP contribution is 2.25. The van der Waals surface area contributed by atoms with Gasteiger partial charge in [-0.1, -0.05) is 39.0 Å². The number of amides is 1. The molecule has 0 aliphatic carbocycles. The van der Waals surface area contributed by atoms with Crippen LogP contribution in [0.5, 0.6) is 0 Å². The van der Waals surface area contributed by atoms with E-state index >= 15 is 0 Å². The summed E-state index contributed by atoms with van der Waals surface area (Å²) in [5.74, 6) is 0.0307. The average Bonchev–Trinajstić information content (AvgIpc) is 2.39. The van der Waals surface area contributed by atoms with Crippen molar-refractivity contribution in [3.8, 4) is 0 Å². The summed E-state index contributed by atoms with van der Waals surface area (Å²) >= 11 is 0. The second kappa shape index (κ2) is 4.77. The van der Waals surface area contributed by atoms with Crippen LogP contribution in [0, 0.1) is 5.41 Å². The Kier molecular flexibility index (Phi) is 3.32. The number of anilines is 1. The lowest BCUT2D eigenvalue weighted by atomic mass is 9.89. The molecular weight excluding hydrogens is 224 g/mol. The van der Waals surface area contributed by atoms with Crippen molar-refractivity contribution in [2.75, 3.05) is 5.32 Å². The predicted octanol–water partition coefficient (Wildman–Crippen LogP) is 3.61. The third-order valence-electron chi connectivity index (χ3n) is 3.38. The van der Waals surface area contributed by atoms with E-state index in [2.05, 4.69) is 10.3 Å². The number of carbonyl (C=O) groups is 1. The second-order valence-corrected chi connectivity index (χ2v) is 5.07. The molecule has 2 aromatic rings. The lowest BCUT2D eigenvalue weighted by Crippen LogP contribution is -2.30. The topological polar surface area (TPSA) is 42.0 Å². The SMILES string of the molecule is CCC(C)(C)C(=O)Nc1cccc2cccnc12. The summed E-state index contributed by atoms with van der Waals surface area (Å²) in [6, 6.07) is 9.69. The Morgan fingerprint density at radius 3 is 2.72 bits per heavy atom. The number of fused-ring (bicyclic) bond motifs is 1. The number of hydrogen-bond donors (Lipinski definition) is 1. The van der Waals surface area contributed by atoms with Gasteiger partial charge in [-0.05, 0) is 18.6 Å². The molecule has 18 heavy (non-hydrogen) atoms. The maximum atomic E-state index is 12.2. The maximum absolute atomic E-state index is 12.2. The normalized spacial score (nSPS) is 11.5. The molecule has 1 heterocycles. The van der Waals surface area contributed by atoms with Crippen LogP contribution in [0.2, 0.25) is 0 Å². The van der Waals surface area contributed by atoms with Crippen molar-refractivity contribution in [2.24, 2.45) is 5.41 Å². The van der Waals surface area contributed by atoms with Crippen molar-refractivity contribution in [2.45, 2.75) is 27.2 Å². The largest absolute Gasteiger partial charge is 0.324 e. The third-order valence-corrected chi connectivity index (χ3v) is 3.38. The van der Waals surface area contributed by atoms with Gasteiger partial charge in [0.1, 0.15) is 0 Å². The number of hydrogen-bond acceptors (Lipinski definition) is 2. The summed E-state index contributed by atoms with van der Waals surface area (Å²) in [7, 11) is 0. The molecule has 0 aliphatic rings. The molecule has 0 saturated carbocycles. The summed E-state index contributed by atoms with van der Waals surface area (Å²) < 4.78 is 0. The number of nitrogens with one attached hydrogen (secondary N) is 1. The number of rotatable bonds is 3. The van der Waals surface area contributed by atoms with Crippen LogP contribution in [0.3, 0.4) is 0 Å². The van der Waals surface area contributed by atoms with E-state index in [0.717, 1.165) is 23.0 Å². The van der Waals surface area contributed by atoms with E-state index in [-0.39, 0.29) is 11.3 Å². The fraction of sp³-hybridized carbons (Fsp3) is 0.333. The maximum Gasteiger partial charge on any atom is 0.230 e. The Balaban J connectivity index is 2.36. The van der Waals surface area contributed by atoms with E-state index in [4.69, 9.17) is 0 Å². The summed E-state index contributed by atoms with van der Waals surface area (Å²) in [5.41, 5.74) is 1.25. The van der Waals surface area contributed by atoms with Crippen molar-refractivity contribution < 1.29 is 4.79 Å². The van der Waals surface area contributed by atoms with Crippen LogP contribution < -0.4 is 5.32 Å². The number of benzene rings is 1. The first-order valence-electron chi connectivity index (χ1n) is 6.20. The quantitative estimate of drug-likeness (QED) is 0.893. The molecule has 3 heteroatoms. The van der Waals surface area contributed by atoms with E-state index in [9.17, 15) is 4.79 Å². The summed E-state index contributed by atoms with van der Waals surface area (Å²) in [6.45, 7) is 5.91. The zero-order valence-electron chi connectivity index (χ0n) is 11.0. The standard InChI is InChI=1S/C15H18N2O/c1-4-15(2,3)14(18)17-12-9-5-7-11-8-6-10-16-13(11)12/h5-10H,4H2,1-3H3,(H,17,18). The highest BCUT2D eigenvalue weighted by molar-refractivity contribution is 6.02. The Morgan fingerprint density at radius 2 is 2.00 bits per heavy atom. The van der Waals surface area contributed by atoms with Gasteiger partial charge in [-0.2, -0.15) is 0 Å². The fourth-order valence-corrected chi connectivity index (χ4v) is 1.66. The number of pyridine rings is 1. The van der Waals surface area contributed by atoms with Crippen molar-refractivity contribution >= 4 is 22.5 Å². The van der Waals surface area contributed by atoms with E-state index < -0.39 is 0 Å². The molecule has 0 unspecified atom stereocenters. The second-order valence-electron chi connectivity index (χ2n) is 5.07. The van der Waals surface area contributed by atoms with Crippen molar-refractivity contribution in [1.29, 1.82) is 0 Å². The lowest BCUT2D eigenvalue weighted by molar-refractivity contribution is -0.124. The van der Waals surface area contributed by atoms with Crippen LogP contribution >= 0.6 is 0 Å². The minimum atomic E-state index is -0.364. The lowest BCUT2D eigenvalue weighted by Gasteiger charge is -2.21. The molecule has 0 atom stereocenters. The van der Waals surface area contributed by atoms with Gasteiger partial charge in [0.05, 0.1) is 11.2 Å². The van der Waals surface area contributed by atoms with Crippen LogP contribution in [0.4, 0.5) is 5.69 Å². The van der Waals surface area contributed by atoms with Gasteiger partial charge in [0.15, 0.2) is 0 Å². The number of carbonyl (C=O) groups excluding carboxylic acids is 1. The van der Waals surface area contributed by atoms with Crippen LogP contribution in [0.25, 0.3) is 10.9 Å². The Labute approximate surface area is 107 Å². The first-order chi connectivity index (χ1) is 8.54. The van der Waals surface area contributed by atoms with E-state index in [1.54, 1.807) is 6.20 Å². The van der Waals surface area contributed by atoms with E-state index in [0.29, 0.717) is 0 Å². The summed E-state index contributed by atoms with van der Waals surface area (Å²) in [4.78, 5) is 16.5. The molecular formula is C15H18N2O. The molecule has 0 bridgehead atoms. The van der Waals surface area contributed by atoms with Gasteiger partial charge in [-0.15, -0.1) is 0 Å². The summed E-state index contributed by atoms with van der Waals surface area (Å²) in [5, 5.41) is 4.01. The van der Waals surface area contributed by atoms with Gasteiger partial charge in [0.25, 0.3) is 0 Å². The molecule has 1 aromatic carbocycles. The van der Waals surface area contributed by atoms with E-state index in [1.165, 1.54) is 0 Å². The van der Waals surface area contributed by atoms with Crippen LogP contribution in [0.15, 0.2) is 36.5 Å². The van der Waals surface area contributed by atoms with Gasteiger partial charge in [-0.25, -0.2) is 0 Å². The Morgan fingerprint density at radius 1 is 1.28 bits per heavy atom. The molecule has 0 radical (unpaired) electrons. The molecule has 2 rings (SSSR count). The van der Waals surface area contributed by atoms with Gasteiger partial charge in [-0.3, -0.25) is 9.78 Å².